The van der Waals surface area contributed by atoms with Crippen molar-refractivity contribution in [2.75, 3.05) is 16.8 Å². The van der Waals surface area contributed by atoms with Crippen molar-refractivity contribution >= 4 is 23.2 Å². The number of amides is 2. The molecular formula is C20H26N4O2. The van der Waals surface area contributed by atoms with Crippen LogP contribution in [0.25, 0.3) is 0 Å². The first-order chi connectivity index (χ1) is 12.4. The van der Waals surface area contributed by atoms with Gasteiger partial charge in [-0.15, -0.1) is 0 Å². The Morgan fingerprint density at radius 3 is 2.62 bits per heavy atom. The quantitative estimate of drug-likeness (QED) is 0.897. The number of carbonyl (C=O) groups is 2. The van der Waals surface area contributed by atoms with Crippen LogP contribution < -0.4 is 10.2 Å². The van der Waals surface area contributed by atoms with E-state index in [0.29, 0.717) is 6.42 Å². The molecule has 138 valence electrons. The zero-order valence-corrected chi connectivity index (χ0v) is 15.9. The molecule has 1 aromatic carbocycles. The zero-order chi connectivity index (χ0) is 18.8. The second-order valence-corrected chi connectivity index (χ2v) is 6.86. The normalized spacial score (nSPS) is 14.2. The number of nitrogens with one attached hydrogen (secondary N) is 1. The van der Waals surface area contributed by atoms with Crippen LogP contribution in [0.2, 0.25) is 0 Å². The summed E-state index contributed by atoms with van der Waals surface area (Å²) in [6.07, 6.45) is 2.43. The number of hydrogen-bond donors (Lipinski definition) is 1. The number of aryl methyl sites for hydroxylation is 2. The third-order valence-corrected chi connectivity index (χ3v) is 5.02. The van der Waals surface area contributed by atoms with Crippen molar-refractivity contribution in [3.63, 3.8) is 0 Å². The summed E-state index contributed by atoms with van der Waals surface area (Å²) in [6, 6.07) is 5.68. The molecule has 1 aliphatic heterocycles. The average Bonchev–Trinajstić information content (AvgIpc) is 3.11. The lowest BCUT2D eigenvalue weighted by Crippen LogP contribution is -2.24. The van der Waals surface area contributed by atoms with Crippen LogP contribution in [0.4, 0.5) is 11.4 Å². The summed E-state index contributed by atoms with van der Waals surface area (Å²) < 4.78 is 1.76. The fraction of sp³-hybridized carbons (Fsp3) is 0.450. The lowest BCUT2D eigenvalue weighted by atomic mass is 10.1. The molecule has 1 aromatic heterocycles. The second kappa shape index (κ2) is 7.32. The van der Waals surface area contributed by atoms with Gasteiger partial charge in [0.1, 0.15) is 6.54 Å². The fourth-order valence-corrected chi connectivity index (χ4v) is 3.68. The molecule has 2 heterocycles. The van der Waals surface area contributed by atoms with E-state index in [4.69, 9.17) is 0 Å². The van der Waals surface area contributed by atoms with Crippen LogP contribution in [0, 0.1) is 20.8 Å². The van der Waals surface area contributed by atoms with Crippen LogP contribution in [0.15, 0.2) is 18.2 Å². The Morgan fingerprint density at radius 2 is 2.04 bits per heavy atom. The second-order valence-electron chi connectivity index (χ2n) is 6.86. The summed E-state index contributed by atoms with van der Waals surface area (Å²) in [6.45, 7) is 8.99. The summed E-state index contributed by atoms with van der Waals surface area (Å²) in [4.78, 5) is 26.2. The molecule has 6 heteroatoms. The minimum Gasteiger partial charge on any atom is -0.324 e. The van der Waals surface area contributed by atoms with Crippen LogP contribution in [0.3, 0.4) is 0 Å². The molecule has 1 fully saturated rings. The van der Waals surface area contributed by atoms with Gasteiger partial charge in [0.15, 0.2) is 0 Å². The Balaban J connectivity index is 1.70. The molecule has 0 atom stereocenters. The molecule has 1 saturated heterocycles. The lowest BCUT2D eigenvalue weighted by Gasteiger charge is -2.19. The Hall–Kier alpha value is -2.63. The highest BCUT2D eigenvalue weighted by Crippen LogP contribution is 2.27. The van der Waals surface area contributed by atoms with Crippen LogP contribution >= 0.6 is 0 Å². The third kappa shape index (κ3) is 3.49. The van der Waals surface area contributed by atoms with Crippen molar-refractivity contribution in [1.29, 1.82) is 0 Å². The van der Waals surface area contributed by atoms with E-state index in [9.17, 15) is 9.59 Å². The molecule has 6 nitrogen and oxygen atoms in total. The fourth-order valence-electron chi connectivity index (χ4n) is 3.68. The highest BCUT2D eigenvalue weighted by atomic mass is 16.2. The van der Waals surface area contributed by atoms with Crippen LogP contribution in [-0.4, -0.2) is 28.1 Å². The SMILES string of the molecule is CCc1c(C)nn(CC(=O)Nc2ccc(N3CCCC3=O)c(C)c2)c1C. The standard InChI is InChI=1S/C20H26N4O2/c1-5-17-14(3)22-24(15(17)4)12-19(25)21-16-8-9-18(13(2)11-16)23-10-6-7-20(23)26/h8-9,11H,5-7,10,12H2,1-4H3,(H,21,25). The topological polar surface area (TPSA) is 67.2 Å². The molecular weight excluding hydrogens is 328 g/mol. The van der Waals surface area contributed by atoms with Gasteiger partial charge < -0.3 is 10.2 Å². The predicted molar refractivity (Wildman–Crippen MR) is 102 cm³/mol. The van der Waals surface area contributed by atoms with Gasteiger partial charge in [-0.25, -0.2) is 0 Å². The van der Waals surface area contributed by atoms with Crippen molar-refractivity contribution in [2.45, 2.75) is 53.5 Å². The lowest BCUT2D eigenvalue weighted by molar-refractivity contribution is -0.117. The van der Waals surface area contributed by atoms with Gasteiger partial charge >= 0.3 is 0 Å². The maximum absolute atomic E-state index is 12.4. The smallest absolute Gasteiger partial charge is 0.246 e. The first kappa shape index (κ1) is 18.2. The highest BCUT2D eigenvalue weighted by Gasteiger charge is 2.23. The van der Waals surface area contributed by atoms with E-state index in [1.54, 1.807) is 4.68 Å². The molecule has 0 spiro atoms. The van der Waals surface area contributed by atoms with Gasteiger partial charge in [-0.05, 0) is 62.9 Å². The van der Waals surface area contributed by atoms with Gasteiger partial charge in [0.2, 0.25) is 11.8 Å². The molecule has 0 bridgehead atoms. The summed E-state index contributed by atoms with van der Waals surface area (Å²) in [5, 5.41) is 7.40. The van der Waals surface area contributed by atoms with Gasteiger partial charge in [-0.2, -0.15) is 5.10 Å². The largest absolute Gasteiger partial charge is 0.324 e. The maximum Gasteiger partial charge on any atom is 0.246 e. The van der Waals surface area contributed by atoms with Crippen LogP contribution in [0.5, 0.6) is 0 Å². The van der Waals surface area contributed by atoms with Crippen molar-refractivity contribution in [3.8, 4) is 0 Å². The minimum atomic E-state index is -0.109. The molecule has 0 radical (unpaired) electrons. The molecule has 26 heavy (non-hydrogen) atoms. The third-order valence-electron chi connectivity index (χ3n) is 5.02. The van der Waals surface area contributed by atoms with E-state index >= 15 is 0 Å². The number of anilines is 2. The van der Waals surface area contributed by atoms with Gasteiger partial charge in [0.25, 0.3) is 0 Å². The van der Waals surface area contributed by atoms with Gasteiger partial charge in [0, 0.05) is 30.0 Å². The summed E-state index contributed by atoms with van der Waals surface area (Å²) >= 11 is 0. The number of nitrogens with zero attached hydrogens (tertiary/aromatic N) is 3. The highest BCUT2D eigenvalue weighted by molar-refractivity contribution is 5.97. The van der Waals surface area contributed by atoms with Gasteiger partial charge in [-0.1, -0.05) is 6.92 Å². The average molecular weight is 354 g/mol. The molecule has 0 unspecified atom stereocenters. The Morgan fingerprint density at radius 1 is 1.27 bits per heavy atom. The molecule has 0 saturated carbocycles. The number of carbonyl (C=O) groups excluding carboxylic acids is 2. The molecule has 1 aliphatic rings. The van der Waals surface area contributed by atoms with E-state index in [1.807, 2.05) is 43.9 Å². The predicted octanol–water partition coefficient (Wildman–Crippen LogP) is 3.14. The first-order valence-electron chi connectivity index (χ1n) is 9.14. The Bertz CT molecular complexity index is 854. The van der Waals surface area contributed by atoms with Crippen molar-refractivity contribution < 1.29 is 9.59 Å². The van der Waals surface area contributed by atoms with Gasteiger partial charge in [0.05, 0.1) is 5.69 Å². The zero-order valence-electron chi connectivity index (χ0n) is 15.9. The van der Waals surface area contributed by atoms with Crippen molar-refractivity contribution in [3.05, 3.63) is 40.7 Å². The summed E-state index contributed by atoms with van der Waals surface area (Å²) in [7, 11) is 0. The van der Waals surface area contributed by atoms with E-state index in [2.05, 4.69) is 17.3 Å². The molecule has 3 rings (SSSR count). The Labute approximate surface area is 154 Å². The molecule has 0 aliphatic carbocycles. The van der Waals surface area contributed by atoms with Crippen molar-refractivity contribution in [2.24, 2.45) is 0 Å². The molecule has 1 N–H and O–H groups in total. The van der Waals surface area contributed by atoms with E-state index in [-0.39, 0.29) is 18.4 Å². The van der Waals surface area contributed by atoms with Gasteiger partial charge in [-0.3, -0.25) is 14.3 Å². The van der Waals surface area contributed by atoms with Crippen molar-refractivity contribution in [1.82, 2.24) is 9.78 Å². The van der Waals surface area contributed by atoms with E-state index in [0.717, 1.165) is 47.7 Å². The molecule has 2 amide bonds. The molecule has 2 aromatic rings. The number of hydrogen-bond acceptors (Lipinski definition) is 3. The number of aromatic nitrogens is 2. The van der Waals surface area contributed by atoms with E-state index < -0.39 is 0 Å². The van der Waals surface area contributed by atoms with Crippen LogP contribution in [0.1, 0.15) is 42.3 Å². The van der Waals surface area contributed by atoms with Crippen LogP contribution in [-0.2, 0) is 22.6 Å². The Kier molecular flexibility index (Phi) is 5.11. The minimum absolute atomic E-state index is 0.109. The summed E-state index contributed by atoms with van der Waals surface area (Å²) in [5.41, 5.74) is 5.87. The van der Waals surface area contributed by atoms with E-state index in [1.165, 1.54) is 5.56 Å². The number of rotatable bonds is 5. The maximum atomic E-state index is 12.4. The first-order valence-corrected chi connectivity index (χ1v) is 9.14. The summed E-state index contributed by atoms with van der Waals surface area (Å²) in [5.74, 6) is 0.0591. The number of benzene rings is 1. The monoisotopic (exact) mass is 354 g/mol.